The first-order chi connectivity index (χ1) is 16.5. The third kappa shape index (κ3) is 4.74. The van der Waals surface area contributed by atoms with Crippen LogP contribution in [0.5, 0.6) is 5.75 Å². The van der Waals surface area contributed by atoms with E-state index in [2.05, 4.69) is 47.2 Å². The number of aromatic nitrogens is 1. The van der Waals surface area contributed by atoms with Crippen LogP contribution in [-0.4, -0.2) is 36.1 Å². The van der Waals surface area contributed by atoms with Crippen molar-refractivity contribution in [2.75, 3.05) is 13.2 Å². The van der Waals surface area contributed by atoms with E-state index in [1.54, 1.807) is 0 Å². The zero-order valence-electron chi connectivity index (χ0n) is 20.5. The van der Waals surface area contributed by atoms with Crippen molar-refractivity contribution in [1.29, 1.82) is 0 Å². The average Bonchev–Trinajstić information content (AvgIpc) is 3.05. The van der Waals surface area contributed by atoms with Crippen molar-refractivity contribution in [2.45, 2.75) is 83.5 Å². The number of hydrogen-bond donors (Lipinski definition) is 1. The minimum absolute atomic E-state index is 0.137. The Hall–Kier alpha value is -2.73. The van der Waals surface area contributed by atoms with Crippen LogP contribution in [0, 0.1) is 6.92 Å². The molecule has 5 rings (SSSR count). The largest absolute Gasteiger partial charge is 0.490 e. The van der Waals surface area contributed by atoms with Gasteiger partial charge in [-0.25, -0.2) is 4.79 Å². The normalized spacial score (nSPS) is 21.4. The molecule has 3 aliphatic rings. The highest BCUT2D eigenvalue weighted by atomic mass is 16.6. The van der Waals surface area contributed by atoms with Crippen molar-refractivity contribution in [2.24, 2.45) is 0 Å². The van der Waals surface area contributed by atoms with Gasteiger partial charge in [-0.1, -0.05) is 12.2 Å². The van der Waals surface area contributed by atoms with Crippen LogP contribution in [0.2, 0.25) is 0 Å². The number of hydrogen-bond acceptors (Lipinski definition) is 4. The van der Waals surface area contributed by atoms with Crippen LogP contribution in [0.15, 0.2) is 42.1 Å². The minimum Gasteiger partial charge on any atom is -0.490 e. The summed E-state index contributed by atoms with van der Waals surface area (Å²) in [6.07, 6.45) is 12.5. The number of benzene rings is 1. The van der Waals surface area contributed by atoms with E-state index in [4.69, 9.17) is 14.2 Å². The Kier molecular flexibility index (Phi) is 6.68. The molecule has 2 aliphatic carbocycles. The summed E-state index contributed by atoms with van der Waals surface area (Å²) >= 11 is 0. The molecule has 182 valence electrons. The number of carbonyl (C=O) groups excluding carboxylic acids is 1. The standard InChI is InChI=1S/C28H36N2O4/c1-18(2)33-28(31)29-21-9-7-20(8-10-21)27-19(3)25-12-11-24(34-23-13-15-32-16-14-23)17-26(25)30(27)22-5-4-6-22/h7,9-12,17-18,20,22-23H,4-6,8,13-16H2,1-3H3,(H,29,31). The van der Waals surface area contributed by atoms with Gasteiger partial charge in [0.25, 0.3) is 0 Å². The molecule has 1 saturated heterocycles. The van der Waals surface area contributed by atoms with E-state index < -0.39 is 6.09 Å². The number of fused-ring (bicyclic) bond motifs is 1. The molecule has 6 nitrogen and oxygen atoms in total. The molecule has 1 unspecified atom stereocenters. The zero-order chi connectivity index (χ0) is 23.7. The molecule has 34 heavy (non-hydrogen) atoms. The second kappa shape index (κ2) is 9.87. The zero-order valence-corrected chi connectivity index (χ0v) is 20.5. The number of nitrogens with zero attached hydrogens (tertiary/aromatic N) is 1. The maximum absolute atomic E-state index is 12.0. The second-order valence-corrected chi connectivity index (χ2v) is 10.0. The predicted octanol–water partition coefficient (Wildman–Crippen LogP) is 6.29. The molecule has 1 aliphatic heterocycles. The third-order valence-electron chi connectivity index (χ3n) is 7.23. The van der Waals surface area contributed by atoms with Crippen LogP contribution in [0.4, 0.5) is 4.79 Å². The lowest BCUT2D eigenvalue weighted by Crippen LogP contribution is -2.26. The predicted molar refractivity (Wildman–Crippen MR) is 133 cm³/mol. The van der Waals surface area contributed by atoms with E-state index in [-0.39, 0.29) is 18.1 Å². The molecule has 1 atom stereocenters. The van der Waals surface area contributed by atoms with Gasteiger partial charge >= 0.3 is 6.09 Å². The highest BCUT2D eigenvalue weighted by molar-refractivity contribution is 5.87. The molecule has 1 N–H and O–H groups in total. The Balaban J connectivity index is 1.41. The third-order valence-corrected chi connectivity index (χ3v) is 7.23. The van der Waals surface area contributed by atoms with Crippen molar-refractivity contribution >= 4 is 17.0 Å². The summed E-state index contributed by atoms with van der Waals surface area (Å²) in [5.41, 5.74) is 4.82. The number of alkyl carbamates (subject to hydrolysis) is 1. The second-order valence-electron chi connectivity index (χ2n) is 10.0. The SMILES string of the molecule is Cc1c(C2C=CC(NC(=O)OC(C)C)=CC2)n(C2CCC2)c2cc(OC3CCOCC3)ccc12. The summed E-state index contributed by atoms with van der Waals surface area (Å²) in [4.78, 5) is 12.0. The van der Waals surface area contributed by atoms with Gasteiger partial charge in [0.05, 0.1) is 24.8 Å². The number of rotatable bonds is 6. The van der Waals surface area contributed by atoms with Crippen LogP contribution in [0.25, 0.3) is 10.9 Å². The molecule has 6 heteroatoms. The van der Waals surface area contributed by atoms with Crippen molar-refractivity contribution in [3.8, 4) is 5.75 Å². The van der Waals surface area contributed by atoms with Crippen molar-refractivity contribution in [3.05, 3.63) is 53.4 Å². The fraction of sp³-hybridized carbons (Fsp3) is 0.536. The van der Waals surface area contributed by atoms with Gasteiger partial charge < -0.3 is 18.8 Å². The van der Waals surface area contributed by atoms with Crippen LogP contribution >= 0.6 is 0 Å². The monoisotopic (exact) mass is 464 g/mol. The molecule has 1 saturated carbocycles. The Bertz CT molecular complexity index is 1100. The first-order valence-corrected chi connectivity index (χ1v) is 12.7. The van der Waals surface area contributed by atoms with E-state index in [0.717, 1.165) is 43.9 Å². The maximum atomic E-state index is 12.0. The van der Waals surface area contributed by atoms with E-state index in [0.29, 0.717) is 6.04 Å². The number of amides is 1. The first kappa shape index (κ1) is 23.0. The number of ether oxygens (including phenoxy) is 3. The fourth-order valence-corrected chi connectivity index (χ4v) is 5.31. The molecule has 1 aromatic heterocycles. The lowest BCUT2D eigenvalue weighted by molar-refractivity contribution is 0.0256. The molecule has 2 fully saturated rings. The lowest BCUT2D eigenvalue weighted by atomic mass is 9.89. The maximum Gasteiger partial charge on any atom is 0.411 e. The Morgan fingerprint density at radius 2 is 1.97 bits per heavy atom. The van der Waals surface area contributed by atoms with Gasteiger partial charge in [-0.2, -0.15) is 0 Å². The summed E-state index contributed by atoms with van der Waals surface area (Å²) in [7, 11) is 0. The van der Waals surface area contributed by atoms with Crippen LogP contribution < -0.4 is 10.1 Å². The van der Waals surface area contributed by atoms with Gasteiger partial charge in [-0.3, -0.25) is 5.32 Å². The van der Waals surface area contributed by atoms with E-state index in [9.17, 15) is 4.79 Å². The van der Waals surface area contributed by atoms with Crippen molar-refractivity contribution < 1.29 is 19.0 Å². The van der Waals surface area contributed by atoms with Gasteiger partial charge in [0.15, 0.2) is 0 Å². The van der Waals surface area contributed by atoms with E-state index >= 15 is 0 Å². The molecule has 0 radical (unpaired) electrons. The van der Waals surface area contributed by atoms with Gasteiger partial charge in [0.2, 0.25) is 0 Å². The molecule has 1 amide bonds. The Labute approximate surface area is 201 Å². The van der Waals surface area contributed by atoms with Crippen molar-refractivity contribution in [3.63, 3.8) is 0 Å². The quantitative estimate of drug-likeness (QED) is 0.545. The van der Waals surface area contributed by atoms with Crippen LogP contribution in [-0.2, 0) is 9.47 Å². The number of nitrogens with one attached hydrogen (secondary N) is 1. The van der Waals surface area contributed by atoms with Gasteiger partial charge in [0, 0.05) is 47.6 Å². The topological polar surface area (TPSA) is 61.7 Å². The van der Waals surface area contributed by atoms with Gasteiger partial charge in [-0.05, 0) is 70.2 Å². The lowest BCUT2D eigenvalue weighted by Gasteiger charge is -2.32. The number of allylic oxidation sites excluding steroid dienone is 3. The summed E-state index contributed by atoms with van der Waals surface area (Å²) < 4.78 is 19.6. The molecule has 1 aromatic carbocycles. The van der Waals surface area contributed by atoms with Crippen molar-refractivity contribution in [1.82, 2.24) is 9.88 Å². The van der Waals surface area contributed by atoms with Gasteiger partial charge in [-0.15, -0.1) is 0 Å². The molecule has 0 bridgehead atoms. The van der Waals surface area contributed by atoms with Crippen LogP contribution in [0.3, 0.4) is 0 Å². The Morgan fingerprint density at radius 1 is 1.18 bits per heavy atom. The fourth-order valence-electron chi connectivity index (χ4n) is 5.31. The smallest absolute Gasteiger partial charge is 0.411 e. The van der Waals surface area contributed by atoms with E-state index in [1.807, 2.05) is 19.9 Å². The molecular weight excluding hydrogens is 428 g/mol. The molecular formula is C28H36N2O4. The minimum atomic E-state index is -0.402. The van der Waals surface area contributed by atoms with Crippen LogP contribution in [0.1, 0.15) is 75.6 Å². The summed E-state index contributed by atoms with van der Waals surface area (Å²) in [5, 5.41) is 4.16. The number of aryl methyl sites for hydroxylation is 1. The van der Waals surface area contributed by atoms with Gasteiger partial charge in [0.1, 0.15) is 11.9 Å². The molecule has 2 heterocycles. The Morgan fingerprint density at radius 3 is 2.62 bits per heavy atom. The molecule has 0 spiro atoms. The highest BCUT2D eigenvalue weighted by Crippen LogP contribution is 2.43. The molecule has 2 aromatic rings. The first-order valence-electron chi connectivity index (χ1n) is 12.7. The summed E-state index contributed by atoms with van der Waals surface area (Å²) in [6.45, 7) is 7.51. The number of carbonyl (C=O) groups is 1. The average molecular weight is 465 g/mol. The summed E-state index contributed by atoms with van der Waals surface area (Å²) in [5.74, 6) is 1.23. The highest BCUT2D eigenvalue weighted by Gasteiger charge is 2.29. The summed E-state index contributed by atoms with van der Waals surface area (Å²) in [6, 6.07) is 7.15. The van der Waals surface area contributed by atoms with E-state index in [1.165, 1.54) is 41.4 Å².